The zero-order valence-corrected chi connectivity index (χ0v) is 12.5. The van der Waals surface area contributed by atoms with Gasteiger partial charge in [-0.3, -0.25) is 4.79 Å². The quantitative estimate of drug-likeness (QED) is 0.839. The van der Waals surface area contributed by atoms with Gasteiger partial charge in [-0.05, 0) is 52.0 Å². The minimum atomic E-state index is -1.07. The largest absolute Gasteiger partial charge is 0.491 e. The second kappa shape index (κ2) is 6.41. The zero-order chi connectivity index (χ0) is 15.3. The number of methoxy groups -OCH3 is 1. The van der Waals surface area contributed by atoms with Gasteiger partial charge in [0, 0.05) is 5.56 Å². The van der Waals surface area contributed by atoms with Crippen LogP contribution in [0.2, 0.25) is 0 Å². The van der Waals surface area contributed by atoms with Gasteiger partial charge in [-0.2, -0.15) is 0 Å². The molecule has 0 saturated heterocycles. The number of hydrogen-bond donors (Lipinski definition) is 1. The van der Waals surface area contributed by atoms with Crippen molar-refractivity contribution in [3.05, 3.63) is 29.8 Å². The highest BCUT2D eigenvalue weighted by molar-refractivity contribution is 5.97. The van der Waals surface area contributed by atoms with Crippen LogP contribution >= 0.6 is 0 Å². The summed E-state index contributed by atoms with van der Waals surface area (Å²) in [4.78, 5) is 23.6. The molecule has 0 saturated carbocycles. The first-order valence-corrected chi connectivity index (χ1v) is 6.44. The summed E-state index contributed by atoms with van der Waals surface area (Å²) >= 11 is 0. The third-order valence-corrected chi connectivity index (χ3v) is 2.61. The molecule has 1 amide bonds. The monoisotopic (exact) mass is 279 g/mol. The van der Waals surface area contributed by atoms with Crippen molar-refractivity contribution < 1.29 is 19.1 Å². The van der Waals surface area contributed by atoms with Gasteiger partial charge >= 0.3 is 5.97 Å². The van der Waals surface area contributed by atoms with Gasteiger partial charge in [0.1, 0.15) is 11.3 Å². The van der Waals surface area contributed by atoms with Gasteiger partial charge in [0.05, 0.1) is 13.2 Å². The van der Waals surface area contributed by atoms with Gasteiger partial charge in [-0.15, -0.1) is 0 Å². The van der Waals surface area contributed by atoms with Gasteiger partial charge in [-0.25, -0.2) is 4.79 Å². The predicted molar refractivity (Wildman–Crippen MR) is 75.8 cm³/mol. The van der Waals surface area contributed by atoms with Crippen molar-refractivity contribution in [3.63, 3.8) is 0 Å². The second-order valence-corrected chi connectivity index (χ2v) is 5.26. The Morgan fingerprint density at radius 2 is 1.70 bits per heavy atom. The molecule has 0 unspecified atom stereocenters. The average Bonchev–Trinajstić information content (AvgIpc) is 2.37. The first-order chi connectivity index (χ1) is 9.26. The Labute approximate surface area is 119 Å². The maximum Gasteiger partial charge on any atom is 0.330 e. The molecule has 20 heavy (non-hydrogen) atoms. The summed E-state index contributed by atoms with van der Waals surface area (Å²) in [5.74, 6) is -0.133. The van der Waals surface area contributed by atoms with E-state index < -0.39 is 11.5 Å². The Bertz CT molecular complexity index is 477. The Balaban J connectivity index is 2.76. The predicted octanol–water partition coefficient (Wildman–Crippen LogP) is 2.16. The topological polar surface area (TPSA) is 64.6 Å². The van der Waals surface area contributed by atoms with E-state index >= 15 is 0 Å². The SMILES string of the molecule is COC(=O)C(C)(C)NC(=O)c1ccc(OC(C)C)cc1. The molecule has 0 heterocycles. The molecule has 0 radical (unpaired) electrons. The number of esters is 1. The summed E-state index contributed by atoms with van der Waals surface area (Å²) in [6.07, 6.45) is 0.0768. The van der Waals surface area contributed by atoms with Crippen molar-refractivity contribution in [2.45, 2.75) is 39.3 Å². The Morgan fingerprint density at radius 1 is 1.15 bits per heavy atom. The maximum atomic E-state index is 12.1. The molecular weight excluding hydrogens is 258 g/mol. The Kier molecular flexibility index (Phi) is 5.13. The summed E-state index contributed by atoms with van der Waals surface area (Å²) in [6.45, 7) is 7.04. The van der Waals surface area contributed by atoms with E-state index in [1.54, 1.807) is 38.1 Å². The van der Waals surface area contributed by atoms with Crippen LogP contribution in [-0.4, -0.2) is 30.6 Å². The van der Waals surface area contributed by atoms with E-state index in [-0.39, 0.29) is 12.0 Å². The molecule has 0 aromatic heterocycles. The molecule has 0 aliphatic carbocycles. The van der Waals surface area contributed by atoms with E-state index in [9.17, 15) is 9.59 Å². The summed E-state index contributed by atoms with van der Waals surface area (Å²) in [5, 5.41) is 2.63. The van der Waals surface area contributed by atoms with Crippen LogP contribution in [0.4, 0.5) is 0 Å². The summed E-state index contributed by atoms with van der Waals surface area (Å²) in [6, 6.07) is 6.75. The van der Waals surface area contributed by atoms with Crippen LogP contribution in [0.3, 0.4) is 0 Å². The van der Waals surface area contributed by atoms with E-state index in [4.69, 9.17) is 4.74 Å². The van der Waals surface area contributed by atoms with Crippen LogP contribution < -0.4 is 10.1 Å². The first kappa shape index (κ1) is 16.0. The zero-order valence-electron chi connectivity index (χ0n) is 12.5. The van der Waals surface area contributed by atoms with Gasteiger partial charge < -0.3 is 14.8 Å². The highest BCUT2D eigenvalue weighted by Gasteiger charge is 2.30. The molecular formula is C15H21NO4. The number of nitrogens with one attached hydrogen (secondary N) is 1. The van der Waals surface area contributed by atoms with E-state index in [0.717, 1.165) is 0 Å². The highest BCUT2D eigenvalue weighted by atomic mass is 16.5. The Morgan fingerprint density at radius 3 is 2.15 bits per heavy atom. The molecule has 5 heteroatoms. The molecule has 0 spiro atoms. The third kappa shape index (κ3) is 4.26. The number of hydrogen-bond acceptors (Lipinski definition) is 4. The Hall–Kier alpha value is -2.04. The number of carbonyl (C=O) groups is 2. The molecule has 1 aromatic rings. The van der Waals surface area contributed by atoms with Crippen LogP contribution in [-0.2, 0) is 9.53 Å². The number of amides is 1. The fourth-order valence-corrected chi connectivity index (χ4v) is 1.62. The second-order valence-electron chi connectivity index (χ2n) is 5.26. The normalized spacial score (nSPS) is 11.1. The number of ether oxygens (including phenoxy) is 2. The van der Waals surface area contributed by atoms with E-state index in [0.29, 0.717) is 11.3 Å². The van der Waals surface area contributed by atoms with Crippen LogP contribution in [0.25, 0.3) is 0 Å². The lowest BCUT2D eigenvalue weighted by atomic mass is 10.1. The fourth-order valence-electron chi connectivity index (χ4n) is 1.62. The van der Waals surface area contributed by atoms with Crippen LogP contribution in [0.1, 0.15) is 38.1 Å². The number of benzene rings is 1. The summed E-state index contributed by atoms with van der Waals surface area (Å²) in [7, 11) is 1.29. The van der Waals surface area contributed by atoms with Gasteiger partial charge in [0.15, 0.2) is 0 Å². The fraction of sp³-hybridized carbons (Fsp3) is 0.467. The number of carbonyl (C=O) groups excluding carboxylic acids is 2. The molecule has 1 rings (SSSR count). The summed E-state index contributed by atoms with van der Waals surface area (Å²) < 4.78 is 10.1. The van der Waals surface area contributed by atoms with Crippen LogP contribution in [0, 0.1) is 0 Å². The van der Waals surface area contributed by atoms with E-state index in [2.05, 4.69) is 10.1 Å². The molecule has 5 nitrogen and oxygen atoms in total. The molecule has 0 aliphatic rings. The van der Waals surface area contributed by atoms with Gasteiger partial charge in [0.2, 0.25) is 0 Å². The van der Waals surface area contributed by atoms with Crippen molar-refractivity contribution in [2.75, 3.05) is 7.11 Å². The molecule has 1 N–H and O–H groups in total. The maximum absolute atomic E-state index is 12.1. The first-order valence-electron chi connectivity index (χ1n) is 6.44. The number of rotatable bonds is 5. The standard InChI is InChI=1S/C15H21NO4/c1-10(2)20-12-8-6-11(7-9-12)13(17)16-15(3,4)14(18)19-5/h6-10H,1-5H3,(H,16,17). The van der Waals surface area contributed by atoms with Crippen LogP contribution in [0.5, 0.6) is 5.75 Å². The minimum absolute atomic E-state index is 0.0768. The molecule has 0 bridgehead atoms. The average molecular weight is 279 g/mol. The van der Waals surface area contributed by atoms with Crippen molar-refractivity contribution in [3.8, 4) is 5.75 Å². The molecule has 0 fully saturated rings. The van der Waals surface area contributed by atoms with Gasteiger partial charge in [0.25, 0.3) is 5.91 Å². The van der Waals surface area contributed by atoms with Gasteiger partial charge in [-0.1, -0.05) is 0 Å². The van der Waals surface area contributed by atoms with Crippen molar-refractivity contribution in [1.82, 2.24) is 5.32 Å². The lowest BCUT2D eigenvalue weighted by Crippen LogP contribution is -2.50. The van der Waals surface area contributed by atoms with Crippen molar-refractivity contribution in [2.24, 2.45) is 0 Å². The minimum Gasteiger partial charge on any atom is -0.491 e. The molecule has 110 valence electrons. The smallest absolute Gasteiger partial charge is 0.330 e. The molecule has 0 aliphatic heterocycles. The molecule has 1 aromatic carbocycles. The van der Waals surface area contributed by atoms with E-state index in [1.165, 1.54) is 7.11 Å². The highest BCUT2D eigenvalue weighted by Crippen LogP contribution is 2.15. The van der Waals surface area contributed by atoms with E-state index in [1.807, 2.05) is 13.8 Å². The lowest BCUT2D eigenvalue weighted by molar-refractivity contribution is -0.146. The van der Waals surface area contributed by atoms with Crippen molar-refractivity contribution >= 4 is 11.9 Å². The third-order valence-electron chi connectivity index (χ3n) is 2.61. The summed E-state index contributed by atoms with van der Waals surface area (Å²) in [5.41, 5.74) is -0.614. The lowest BCUT2D eigenvalue weighted by Gasteiger charge is -2.23. The van der Waals surface area contributed by atoms with Crippen molar-refractivity contribution in [1.29, 1.82) is 0 Å². The van der Waals surface area contributed by atoms with Crippen LogP contribution in [0.15, 0.2) is 24.3 Å². The molecule has 0 atom stereocenters.